The molecule has 0 spiro atoms. The molecule has 2 aromatic carbocycles. The van der Waals surface area contributed by atoms with Gasteiger partial charge in [-0.05, 0) is 11.6 Å². The van der Waals surface area contributed by atoms with E-state index < -0.39 is 16.4 Å². The number of hydrogen-bond acceptors (Lipinski definition) is 4. The number of phenols is 1. The molecule has 0 bridgehead atoms. The lowest BCUT2D eigenvalue weighted by atomic mass is 10.2. The third-order valence-electron chi connectivity index (χ3n) is 2.63. The largest absolute Gasteiger partial charge is 0.502 e. The number of halogens is 1. The van der Waals surface area contributed by atoms with Crippen molar-refractivity contribution in [2.24, 2.45) is 4.99 Å². The highest BCUT2D eigenvalue weighted by Gasteiger charge is 2.17. The quantitative estimate of drug-likeness (QED) is 0.531. The number of aliphatic imine (C=N–C) groups is 1. The molecule has 0 saturated heterocycles. The van der Waals surface area contributed by atoms with Gasteiger partial charge >= 0.3 is 5.69 Å². The Morgan fingerprint density at radius 3 is 2.65 bits per heavy atom. The van der Waals surface area contributed by atoms with E-state index in [4.69, 9.17) is 11.6 Å². The lowest BCUT2D eigenvalue weighted by molar-refractivity contribution is -0.385. The molecule has 0 aliphatic carbocycles. The molecule has 5 nitrogen and oxygen atoms in total. The van der Waals surface area contributed by atoms with Gasteiger partial charge in [-0.25, -0.2) is 0 Å². The van der Waals surface area contributed by atoms with Crippen LogP contribution in [0.3, 0.4) is 0 Å². The third-order valence-corrected chi connectivity index (χ3v) is 2.85. The number of nitro groups is 1. The SMILES string of the molecule is O=[N+]([O-])c1cc(Cl)cc(C=NCc2ccccc2)c1O. The van der Waals surface area contributed by atoms with Crippen molar-refractivity contribution in [3.8, 4) is 5.75 Å². The van der Waals surface area contributed by atoms with E-state index in [9.17, 15) is 15.2 Å². The number of aromatic hydroxyl groups is 1. The van der Waals surface area contributed by atoms with Gasteiger partial charge in [0.15, 0.2) is 0 Å². The van der Waals surface area contributed by atoms with Crippen LogP contribution in [0.15, 0.2) is 47.5 Å². The molecule has 20 heavy (non-hydrogen) atoms. The Morgan fingerprint density at radius 2 is 2.00 bits per heavy atom. The van der Waals surface area contributed by atoms with E-state index in [-0.39, 0.29) is 10.6 Å². The summed E-state index contributed by atoms with van der Waals surface area (Å²) < 4.78 is 0. The molecule has 0 fully saturated rings. The number of hydrogen-bond donors (Lipinski definition) is 1. The minimum atomic E-state index is -0.685. The van der Waals surface area contributed by atoms with Gasteiger partial charge in [-0.15, -0.1) is 0 Å². The average molecular weight is 291 g/mol. The second kappa shape index (κ2) is 6.16. The van der Waals surface area contributed by atoms with Crippen LogP contribution >= 0.6 is 11.6 Å². The molecular formula is C14H11ClN2O3. The lowest BCUT2D eigenvalue weighted by Gasteiger charge is -2.01. The first-order valence-electron chi connectivity index (χ1n) is 5.78. The minimum Gasteiger partial charge on any atom is -0.502 e. The molecule has 0 radical (unpaired) electrons. The maximum absolute atomic E-state index is 10.8. The van der Waals surface area contributed by atoms with Crippen LogP contribution in [0.25, 0.3) is 0 Å². The van der Waals surface area contributed by atoms with Crippen LogP contribution in [-0.4, -0.2) is 16.2 Å². The Morgan fingerprint density at radius 1 is 1.30 bits per heavy atom. The zero-order chi connectivity index (χ0) is 14.5. The highest BCUT2D eigenvalue weighted by Crippen LogP contribution is 2.32. The predicted octanol–water partition coefficient (Wildman–Crippen LogP) is 3.57. The van der Waals surface area contributed by atoms with Crippen molar-refractivity contribution < 1.29 is 10.0 Å². The number of benzene rings is 2. The van der Waals surface area contributed by atoms with Crippen LogP contribution in [-0.2, 0) is 6.54 Å². The number of phenolic OH excluding ortho intramolecular Hbond substituents is 1. The van der Waals surface area contributed by atoms with Crippen LogP contribution < -0.4 is 0 Å². The van der Waals surface area contributed by atoms with E-state index in [1.165, 1.54) is 12.3 Å². The maximum Gasteiger partial charge on any atom is 0.312 e. The first kappa shape index (κ1) is 14.0. The second-order valence-corrected chi connectivity index (χ2v) is 4.51. The van der Waals surface area contributed by atoms with E-state index in [0.29, 0.717) is 6.54 Å². The standard InChI is InChI=1S/C14H11ClN2O3/c15-12-6-11(14(18)13(7-12)17(19)20)9-16-8-10-4-2-1-3-5-10/h1-7,9,18H,8H2. The molecule has 2 rings (SSSR count). The first-order valence-corrected chi connectivity index (χ1v) is 6.16. The Hall–Kier alpha value is -2.40. The zero-order valence-electron chi connectivity index (χ0n) is 10.4. The van der Waals surface area contributed by atoms with Crippen molar-refractivity contribution in [3.05, 3.63) is 68.7 Å². The van der Waals surface area contributed by atoms with Gasteiger partial charge in [-0.1, -0.05) is 41.9 Å². The van der Waals surface area contributed by atoms with Gasteiger partial charge < -0.3 is 5.11 Å². The van der Waals surface area contributed by atoms with Crippen molar-refractivity contribution in [2.45, 2.75) is 6.54 Å². The molecule has 1 N–H and O–H groups in total. The molecule has 0 aliphatic rings. The summed E-state index contributed by atoms with van der Waals surface area (Å²) in [6.45, 7) is 0.417. The fourth-order valence-electron chi connectivity index (χ4n) is 1.68. The van der Waals surface area contributed by atoms with Crippen LogP contribution in [0.1, 0.15) is 11.1 Å². The molecule has 6 heteroatoms. The van der Waals surface area contributed by atoms with Gasteiger partial charge in [0.25, 0.3) is 0 Å². The van der Waals surface area contributed by atoms with Gasteiger partial charge in [-0.2, -0.15) is 0 Å². The molecule has 2 aromatic rings. The van der Waals surface area contributed by atoms with E-state index >= 15 is 0 Å². The number of rotatable bonds is 4. The fraction of sp³-hybridized carbons (Fsp3) is 0.0714. The van der Waals surface area contributed by atoms with Crippen molar-refractivity contribution in [1.82, 2.24) is 0 Å². The summed E-state index contributed by atoms with van der Waals surface area (Å²) >= 11 is 5.78. The highest BCUT2D eigenvalue weighted by atomic mass is 35.5. The van der Waals surface area contributed by atoms with E-state index in [1.54, 1.807) is 0 Å². The molecule has 0 aromatic heterocycles. The summed E-state index contributed by atoms with van der Waals surface area (Å²) in [6.07, 6.45) is 1.38. The lowest BCUT2D eigenvalue weighted by Crippen LogP contribution is -1.93. The molecule has 0 aliphatic heterocycles. The normalized spacial score (nSPS) is 10.8. The van der Waals surface area contributed by atoms with Gasteiger partial charge in [0, 0.05) is 22.9 Å². The van der Waals surface area contributed by atoms with Gasteiger partial charge in [0.2, 0.25) is 5.75 Å². The summed E-state index contributed by atoms with van der Waals surface area (Å²) in [5.41, 5.74) is 0.790. The molecule has 0 atom stereocenters. The monoisotopic (exact) mass is 290 g/mol. The van der Waals surface area contributed by atoms with E-state index in [1.807, 2.05) is 30.3 Å². The van der Waals surface area contributed by atoms with Crippen molar-refractivity contribution >= 4 is 23.5 Å². The van der Waals surface area contributed by atoms with Gasteiger partial charge in [-0.3, -0.25) is 15.1 Å². The summed E-state index contributed by atoms with van der Waals surface area (Å²) in [7, 11) is 0. The maximum atomic E-state index is 10.8. The highest BCUT2D eigenvalue weighted by molar-refractivity contribution is 6.31. The third kappa shape index (κ3) is 3.33. The molecule has 102 valence electrons. The molecule has 0 unspecified atom stereocenters. The Kier molecular flexibility index (Phi) is 4.32. The Balaban J connectivity index is 2.23. The Bertz CT molecular complexity index is 657. The first-order chi connectivity index (χ1) is 9.58. The fourth-order valence-corrected chi connectivity index (χ4v) is 1.90. The molecule has 0 amide bonds. The minimum absolute atomic E-state index is 0.177. The van der Waals surface area contributed by atoms with Gasteiger partial charge in [0.1, 0.15) is 0 Å². The molecule has 0 saturated carbocycles. The predicted molar refractivity (Wildman–Crippen MR) is 77.5 cm³/mol. The molecule has 0 heterocycles. The van der Waals surface area contributed by atoms with Crippen LogP contribution in [0.5, 0.6) is 5.75 Å². The number of nitrogens with zero attached hydrogens (tertiary/aromatic N) is 2. The van der Waals surface area contributed by atoms with Crippen LogP contribution in [0, 0.1) is 10.1 Å². The number of nitro benzene ring substituents is 1. The van der Waals surface area contributed by atoms with Crippen molar-refractivity contribution in [1.29, 1.82) is 0 Å². The molecular weight excluding hydrogens is 280 g/mol. The second-order valence-electron chi connectivity index (χ2n) is 4.08. The van der Waals surface area contributed by atoms with Crippen LogP contribution in [0.4, 0.5) is 5.69 Å². The summed E-state index contributed by atoms with van der Waals surface area (Å²) in [4.78, 5) is 14.2. The average Bonchev–Trinajstić information content (AvgIpc) is 2.43. The van der Waals surface area contributed by atoms with Gasteiger partial charge in [0.05, 0.1) is 11.5 Å². The summed E-state index contributed by atoms with van der Waals surface area (Å²) in [5.74, 6) is -0.434. The summed E-state index contributed by atoms with van der Waals surface area (Å²) in [5, 5.41) is 20.7. The van der Waals surface area contributed by atoms with Crippen LogP contribution in [0.2, 0.25) is 5.02 Å². The smallest absolute Gasteiger partial charge is 0.312 e. The van der Waals surface area contributed by atoms with Crippen molar-refractivity contribution in [3.63, 3.8) is 0 Å². The zero-order valence-corrected chi connectivity index (χ0v) is 11.1. The van der Waals surface area contributed by atoms with Crippen molar-refractivity contribution in [2.75, 3.05) is 0 Å². The van der Waals surface area contributed by atoms with E-state index in [2.05, 4.69) is 4.99 Å². The summed E-state index contributed by atoms with van der Waals surface area (Å²) in [6, 6.07) is 12.1. The Labute approximate surface area is 120 Å². The van der Waals surface area contributed by atoms with E-state index in [0.717, 1.165) is 11.6 Å². The topological polar surface area (TPSA) is 75.7 Å².